The summed E-state index contributed by atoms with van der Waals surface area (Å²) in [6.07, 6.45) is 7.18. The first kappa shape index (κ1) is 22.6. The largest absolute Gasteiger partial charge is 0.465 e. The van der Waals surface area contributed by atoms with Crippen molar-refractivity contribution in [3.8, 4) is 6.01 Å². The number of anilines is 1. The normalized spacial score (nSPS) is 18.4. The number of ether oxygens (including phenoxy) is 1. The van der Waals surface area contributed by atoms with Crippen molar-refractivity contribution in [2.24, 2.45) is 5.92 Å². The van der Waals surface area contributed by atoms with Gasteiger partial charge in [0.25, 0.3) is 6.01 Å². The van der Waals surface area contributed by atoms with Gasteiger partial charge in [-0.25, -0.2) is 0 Å². The zero-order chi connectivity index (χ0) is 23.5. The number of nitrogens with two attached hydrogens (primary N) is 1. The van der Waals surface area contributed by atoms with Crippen molar-refractivity contribution in [2.45, 2.75) is 45.2 Å². The van der Waals surface area contributed by atoms with Gasteiger partial charge in [0.15, 0.2) is 0 Å². The van der Waals surface area contributed by atoms with Crippen LogP contribution in [0.1, 0.15) is 44.2 Å². The minimum atomic E-state index is 0.124. The van der Waals surface area contributed by atoms with E-state index in [1.54, 1.807) is 6.20 Å². The van der Waals surface area contributed by atoms with Crippen molar-refractivity contribution in [1.29, 1.82) is 0 Å². The van der Waals surface area contributed by atoms with Crippen molar-refractivity contribution in [3.63, 3.8) is 0 Å². The topological polar surface area (TPSA) is 102 Å². The monoisotopic (exact) mass is 463 g/mol. The number of nitrogen functional groups attached to an aromatic ring is 1. The van der Waals surface area contributed by atoms with Gasteiger partial charge >= 0.3 is 0 Å². The Bertz CT molecular complexity index is 1120. The number of amides is 1. The zero-order valence-electron chi connectivity index (χ0n) is 19.8. The minimum absolute atomic E-state index is 0.124. The van der Waals surface area contributed by atoms with Gasteiger partial charge in [0.1, 0.15) is 0 Å². The van der Waals surface area contributed by atoms with E-state index < -0.39 is 0 Å². The van der Waals surface area contributed by atoms with Crippen LogP contribution in [0.2, 0.25) is 0 Å². The molecule has 0 atom stereocenters. The Hall–Kier alpha value is -3.20. The average molecular weight is 464 g/mol. The number of aromatic nitrogens is 4. The number of imidazole rings is 1. The second-order valence-electron chi connectivity index (χ2n) is 9.30. The first-order chi connectivity index (χ1) is 16.6. The molecule has 9 heteroatoms. The van der Waals surface area contributed by atoms with Gasteiger partial charge in [-0.3, -0.25) is 14.3 Å². The molecule has 0 spiro atoms. The fourth-order valence-electron chi connectivity index (χ4n) is 5.29. The number of carbonyl (C=O) groups excluding carboxylic acids is 1. The summed E-state index contributed by atoms with van der Waals surface area (Å²) in [5.41, 5.74) is 9.73. The van der Waals surface area contributed by atoms with Crippen LogP contribution in [0, 0.1) is 5.92 Å². The maximum atomic E-state index is 13.3. The second-order valence-corrected chi connectivity index (χ2v) is 9.30. The van der Waals surface area contributed by atoms with E-state index in [2.05, 4.69) is 29.5 Å². The molecule has 4 heterocycles. The number of carbonyl (C=O) groups is 1. The summed E-state index contributed by atoms with van der Waals surface area (Å²) in [6.45, 7) is 6.83. The molecule has 0 saturated carbocycles. The lowest BCUT2D eigenvalue weighted by molar-refractivity contribution is -0.138. The van der Waals surface area contributed by atoms with Gasteiger partial charge in [0.05, 0.1) is 23.8 Å². The summed E-state index contributed by atoms with van der Waals surface area (Å²) in [7, 11) is 0. The van der Waals surface area contributed by atoms with Crippen LogP contribution in [0.5, 0.6) is 6.01 Å². The van der Waals surface area contributed by atoms with E-state index in [-0.39, 0.29) is 12.0 Å². The molecule has 0 unspecified atom stereocenters. The molecule has 3 aromatic rings. The summed E-state index contributed by atoms with van der Waals surface area (Å²) >= 11 is 0. The zero-order valence-corrected chi connectivity index (χ0v) is 19.8. The lowest BCUT2D eigenvalue weighted by Crippen LogP contribution is -2.45. The Balaban J connectivity index is 1.18. The maximum absolute atomic E-state index is 13.3. The lowest BCUT2D eigenvalue weighted by atomic mass is 9.93. The van der Waals surface area contributed by atoms with Gasteiger partial charge in [0, 0.05) is 43.5 Å². The third-order valence-electron chi connectivity index (χ3n) is 7.08. The fraction of sp³-hybridized carbons (Fsp3) is 0.520. The van der Waals surface area contributed by atoms with E-state index >= 15 is 0 Å². The van der Waals surface area contributed by atoms with E-state index in [0.717, 1.165) is 69.4 Å². The van der Waals surface area contributed by atoms with Gasteiger partial charge < -0.3 is 15.4 Å². The molecule has 5 rings (SSSR count). The molecule has 2 aromatic heterocycles. The highest BCUT2D eigenvalue weighted by Gasteiger charge is 2.32. The predicted molar refractivity (Wildman–Crippen MR) is 130 cm³/mol. The highest BCUT2D eigenvalue weighted by molar-refractivity contribution is 5.81. The van der Waals surface area contributed by atoms with Gasteiger partial charge in [-0.15, -0.1) is 0 Å². The minimum Gasteiger partial charge on any atom is -0.465 e. The van der Waals surface area contributed by atoms with Crippen molar-refractivity contribution in [1.82, 2.24) is 29.5 Å². The van der Waals surface area contributed by atoms with Crippen molar-refractivity contribution >= 4 is 22.6 Å². The third-order valence-corrected chi connectivity index (χ3v) is 7.08. The number of likely N-dealkylation sites (tertiary alicyclic amines) is 2. The van der Waals surface area contributed by atoms with Crippen molar-refractivity contribution in [3.05, 3.63) is 42.2 Å². The van der Waals surface area contributed by atoms with E-state index in [0.29, 0.717) is 24.2 Å². The number of hydrogen-bond acceptors (Lipinski definition) is 7. The number of benzene rings is 1. The molecule has 2 aliphatic heterocycles. The van der Waals surface area contributed by atoms with Crippen LogP contribution >= 0.6 is 0 Å². The predicted octanol–water partition coefficient (Wildman–Crippen LogP) is 2.88. The lowest BCUT2D eigenvalue weighted by Gasteiger charge is -2.37. The fourth-order valence-corrected chi connectivity index (χ4v) is 5.29. The first-order valence-electron chi connectivity index (χ1n) is 12.3. The van der Waals surface area contributed by atoms with E-state index in [1.807, 2.05) is 37.4 Å². The number of fused-ring (bicyclic) bond motifs is 1. The number of nitrogens with zero attached hydrogens (tertiary/aromatic N) is 6. The molecule has 2 fully saturated rings. The molecule has 1 aromatic carbocycles. The number of piperidine rings is 2. The molecule has 0 aliphatic carbocycles. The standard InChI is InChI=1S/C25H33N7O2/c1-2-34-25-29-22-15-20(26)3-4-23(22)32(25)21-8-13-31(14-9-21)24(33)19-6-11-30(12-7-19)17-18-5-10-27-28-16-18/h3-5,10,15-16,19,21H,2,6-9,11-14,17,26H2,1H3. The quantitative estimate of drug-likeness (QED) is 0.561. The molecular formula is C25H33N7O2. The highest BCUT2D eigenvalue weighted by Crippen LogP contribution is 2.34. The third kappa shape index (κ3) is 4.70. The molecule has 9 nitrogen and oxygen atoms in total. The summed E-state index contributed by atoms with van der Waals surface area (Å²) < 4.78 is 8.06. The molecule has 0 radical (unpaired) electrons. The Labute approximate surface area is 199 Å². The molecule has 2 saturated heterocycles. The SMILES string of the molecule is CCOc1nc2cc(N)ccc2n1C1CCN(C(=O)C2CCN(Cc3ccnnc3)CC2)CC1. The van der Waals surface area contributed by atoms with Crippen LogP contribution in [-0.4, -0.2) is 68.2 Å². The molecular weight excluding hydrogens is 430 g/mol. The van der Waals surface area contributed by atoms with E-state index in [1.165, 1.54) is 5.56 Å². The summed E-state index contributed by atoms with van der Waals surface area (Å²) in [4.78, 5) is 22.4. The summed E-state index contributed by atoms with van der Waals surface area (Å²) in [5.74, 6) is 0.441. The number of hydrogen-bond donors (Lipinski definition) is 1. The van der Waals surface area contributed by atoms with Crippen LogP contribution in [0.3, 0.4) is 0 Å². The molecule has 34 heavy (non-hydrogen) atoms. The van der Waals surface area contributed by atoms with E-state index in [4.69, 9.17) is 10.5 Å². The summed E-state index contributed by atoms with van der Waals surface area (Å²) in [5, 5.41) is 7.80. The molecule has 180 valence electrons. The van der Waals surface area contributed by atoms with Crippen LogP contribution in [0.15, 0.2) is 36.7 Å². The summed E-state index contributed by atoms with van der Waals surface area (Å²) in [6, 6.07) is 8.73. The van der Waals surface area contributed by atoms with Crippen LogP contribution < -0.4 is 10.5 Å². The Morgan fingerprint density at radius 1 is 1.09 bits per heavy atom. The van der Waals surface area contributed by atoms with Gasteiger partial charge in [0.2, 0.25) is 5.91 Å². The highest BCUT2D eigenvalue weighted by atomic mass is 16.5. The second kappa shape index (κ2) is 9.97. The molecule has 0 bridgehead atoms. The Morgan fingerprint density at radius 3 is 2.59 bits per heavy atom. The molecule has 2 N–H and O–H groups in total. The Kier molecular flexibility index (Phi) is 6.62. The van der Waals surface area contributed by atoms with Crippen molar-refractivity contribution < 1.29 is 9.53 Å². The smallest absolute Gasteiger partial charge is 0.297 e. The van der Waals surface area contributed by atoms with Gasteiger partial charge in [-0.2, -0.15) is 15.2 Å². The van der Waals surface area contributed by atoms with Gasteiger partial charge in [-0.1, -0.05) is 0 Å². The number of rotatable bonds is 6. The maximum Gasteiger partial charge on any atom is 0.297 e. The van der Waals surface area contributed by atoms with Gasteiger partial charge in [-0.05, 0) is 75.5 Å². The first-order valence-corrected chi connectivity index (χ1v) is 12.3. The van der Waals surface area contributed by atoms with Crippen LogP contribution in [0.25, 0.3) is 11.0 Å². The van der Waals surface area contributed by atoms with Crippen LogP contribution in [0.4, 0.5) is 5.69 Å². The average Bonchev–Trinajstić information content (AvgIpc) is 3.22. The van der Waals surface area contributed by atoms with Crippen molar-refractivity contribution in [2.75, 3.05) is 38.5 Å². The van der Waals surface area contributed by atoms with Crippen LogP contribution in [-0.2, 0) is 11.3 Å². The molecule has 2 aliphatic rings. The van der Waals surface area contributed by atoms with E-state index in [9.17, 15) is 4.79 Å². The molecule has 1 amide bonds. The Morgan fingerprint density at radius 2 is 1.88 bits per heavy atom.